The Morgan fingerprint density at radius 2 is 2.25 bits per heavy atom. The molecule has 0 amide bonds. The van der Waals surface area contributed by atoms with Crippen LogP contribution < -0.4 is 0 Å². The van der Waals surface area contributed by atoms with E-state index in [4.69, 9.17) is 23.2 Å². The molecule has 86 valence electrons. The summed E-state index contributed by atoms with van der Waals surface area (Å²) in [4.78, 5) is 2.51. The minimum absolute atomic E-state index is 0.345. The molecule has 1 saturated heterocycles. The lowest BCUT2D eigenvalue weighted by molar-refractivity contribution is 0.314. The van der Waals surface area contributed by atoms with E-state index in [9.17, 15) is 0 Å². The molecule has 16 heavy (non-hydrogen) atoms. The normalized spacial score (nSPS) is 32.8. The van der Waals surface area contributed by atoms with E-state index in [1.165, 1.54) is 18.5 Å². The number of halogens is 2. The molecule has 0 radical (unpaired) electrons. The third-order valence-corrected chi connectivity index (χ3v) is 4.68. The van der Waals surface area contributed by atoms with Crippen molar-refractivity contribution in [2.75, 3.05) is 19.6 Å². The molecule has 0 spiro atoms. The first-order valence-corrected chi connectivity index (χ1v) is 6.59. The van der Waals surface area contributed by atoms with E-state index in [1.807, 2.05) is 12.1 Å². The predicted octanol–water partition coefficient (Wildman–Crippen LogP) is 3.59. The molecule has 3 rings (SSSR count). The maximum absolute atomic E-state index is 6.31. The third kappa shape index (κ3) is 1.49. The fraction of sp³-hybridized carbons (Fsp3) is 0.538. The minimum atomic E-state index is 0.345. The molecular weight excluding hydrogens is 241 g/mol. The highest BCUT2D eigenvalue weighted by Gasteiger charge is 2.60. The van der Waals surface area contributed by atoms with Crippen LogP contribution in [0.1, 0.15) is 18.9 Å². The lowest BCUT2D eigenvalue weighted by Crippen LogP contribution is -2.26. The number of hydrogen-bond donors (Lipinski definition) is 0. The van der Waals surface area contributed by atoms with Gasteiger partial charge in [-0.3, -0.25) is 0 Å². The zero-order chi connectivity index (χ0) is 11.3. The zero-order valence-corrected chi connectivity index (χ0v) is 10.9. The maximum Gasteiger partial charge on any atom is 0.0459 e. The number of likely N-dealkylation sites (N-methyl/N-ethyl adjacent to an activating group) is 1. The van der Waals surface area contributed by atoms with Crippen LogP contribution in [0.3, 0.4) is 0 Å². The Morgan fingerprint density at radius 1 is 1.44 bits per heavy atom. The molecular formula is C13H15Cl2N. The standard InChI is InChI=1S/C13H15Cl2N/c1-2-16-7-9-6-13(9,8-16)11-4-3-10(14)5-12(11)15/h3-5,9H,2,6-8H2,1H3. The van der Waals surface area contributed by atoms with Gasteiger partial charge in [-0.15, -0.1) is 0 Å². The van der Waals surface area contributed by atoms with Crippen LogP contribution in [0.4, 0.5) is 0 Å². The van der Waals surface area contributed by atoms with Gasteiger partial charge >= 0.3 is 0 Å². The minimum Gasteiger partial charge on any atom is -0.302 e. The van der Waals surface area contributed by atoms with Crippen molar-refractivity contribution in [2.45, 2.75) is 18.8 Å². The van der Waals surface area contributed by atoms with Crippen LogP contribution in [-0.4, -0.2) is 24.5 Å². The van der Waals surface area contributed by atoms with E-state index >= 15 is 0 Å². The molecule has 0 N–H and O–H groups in total. The summed E-state index contributed by atoms with van der Waals surface area (Å²) >= 11 is 12.3. The van der Waals surface area contributed by atoms with Crippen LogP contribution in [-0.2, 0) is 5.41 Å². The number of likely N-dealkylation sites (tertiary alicyclic amines) is 1. The largest absolute Gasteiger partial charge is 0.302 e. The summed E-state index contributed by atoms with van der Waals surface area (Å²) in [5.74, 6) is 0.811. The highest BCUT2D eigenvalue weighted by molar-refractivity contribution is 6.35. The molecule has 1 saturated carbocycles. The summed E-state index contributed by atoms with van der Waals surface area (Å²) in [6.07, 6.45) is 1.30. The van der Waals surface area contributed by atoms with E-state index in [2.05, 4.69) is 17.9 Å². The Labute approximate surface area is 106 Å². The van der Waals surface area contributed by atoms with Crippen molar-refractivity contribution in [3.05, 3.63) is 33.8 Å². The number of benzene rings is 1. The smallest absolute Gasteiger partial charge is 0.0459 e. The molecule has 1 aliphatic heterocycles. The summed E-state index contributed by atoms with van der Waals surface area (Å²) in [5, 5.41) is 1.57. The van der Waals surface area contributed by atoms with Gasteiger partial charge < -0.3 is 4.90 Å². The second kappa shape index (κ2) is 3.63. The molecule has 2 aliphatic rings. The average molecular weight is 256 g/mol. The predicted molar refractivity (Wildman–Crippen MR) is 68.4 cm³/mol. The van der Waals surface area contributed by atoms with Crippen LogP contribution in [0.5, 0.6) is 0 Å². The van der Waals surface area contributed by atoms with Gasteiger partial charge in [0.15, 0.2) is 0 Å². The quantitative estimate of drug-likeness (QED) is 0.781. The molecule has 1 aliphatic carbocycles. The molecule has 1 heterocycles. The highest BCUT2D eigenvalue weighted by Crippen LogP contribution is 2.60. The lowest BCUT2D eigenvalue weighted by Gasteiger charge is -2.20. The van der Waals surface area contributed by atoms with E-state index in [0.717, 1.165) is 29.1 Å². The van der Waals surface area contributed by atoms with Crippen LogP contribution >= 0.6 is 23.2 Å². The molecule has 1 aromatic rings. The molecule has 0 aromatic heterocycles. The molecule has 1 aromatic carbocycles. The Morgan fingerprint density at radius 3 is 2.88 bits per heavy atom. The van der Waals surface area contributed by atoms with E-state index < -0.39 is 0 Å². The molecule has 1 nitrogen and oxygen atoms in total. The number of piperidine rings is 1. The second-order valence-electron chi connectivity index (χ2n) is 5.01. The zero-order valence-electron chi connectivity index (χ0n) is 9.34. The molecule has 0 bridgehead atoms. The number of hydrogen-bond acceptors (Lipinski definition) is 1. The van der Waals surface area contributed by atoms with Crippen molar-refractivity contribution in [3.8, 4) is 0 Å². The Hall–Kier alpha value is -0.240. The van der Waals surface area contributed by atoms with Crippen LogP contribution in [0, 0.1) is 5.92 Å². The molecule has 2 unspecified atom stereocenters. The van der Waals surface area contributed by atoms with Crippen LogP contribution in [0.25, 0.3) is 0 Å². The van der Waals surface area contributed by atoms with Crippen molar-refractivity contribution < 1.29 is 0 Å². The van der Waals surface area contributed by atoms with Gasteiger partial charge in [-0.05, 0) is 36.6 Å². The number of nitrogens with zero attached hydrogens (tertiary/aromatic N) is 1. The van der Waals surface area contributed by atoms with Gasteiger partial charge in [-0.1, -0.05) is 36.2 Å². The summed E-state index contributed by atoms with van der Waals surface area (Å²) in [5.41, 5.74) is 1.65. The summed E-state index contributed by atoms with van der Waals surface area (Å²) < 4.78 is 0. The van der Waals surface area contributed by atoms with Crippen molar-refractivity contribution in [3.63, 3.8) is 0 Å². The summed E-state index contributed by atoms with van der Waals surface area (Å²) in [6.45, 7) is 5.76. The van der Waals surface area contributed by atoms with Gasteiger partial charge in [0, 0.05) is 28.5 Å². The van der Waals surface area contributed by atoms with Gasteiger partial charge in [-0.2, -0.15) is 0 Å². The number of rotatable bonds is 2. The Kier molecular flexibility index (Phi) is 2.47. The van der Waals surface area contributed by atoms with Gasteiger partial charge in [0.25, 0.3) is 0 Å². The summed E-state index contributed by atoms with van der Waals surface area (Å²) in [6, 6.07) is 5.95. The third-order valence-electron chi connectivity index (χ3n) is 4.13. The van der Waals surface area contributed by atoms with Crippen molar-refractivity contribution >= 4 is 23.2 Å². The molecule has 3 heteroatoms. The monoisotopic (exact) mass is 255 g/mol. The first-order valence-electron chi connectivity index (χ1n) is 5.83. The Bertz CT molecular complexity index is 432. The molecule has 2 fully saturated rings. The fourth-order valence-electron chi connectivity index (χ4n) is 3.14. The lowest BCUT2D eigenvalue weighted by atomic mass is 9.95. The van der Waals surface area contributed by atoms with E-state index in [0.29, 0.717) is 5.41 Å². The van der Waals surface area contributed by atoms with Crippen LogP contribution in [0.15, 0.2) is 18.2 Å². The first-order chi connectivity index (χ1) is 7.65. The van der Waals surface area contributed by atoms with Crippen molar-refractivity contribution in [2.24, 2.45) is 5.92 Å². The number of fused-ring (bicyclic) bond motifs is 1. The van der Waals surface area contributed by atoms with Crippen LogP contribution in [0.2, 0.25) is 10.0 Å². The van der Waals surface area contributed by atoms with Gasteiger partial charge in [-0.25, -0.2) is 0 Å². The topological polar surface area (TPSA) is 3.24 Å². The first kappa shape index (κ1) is 10.9. The second-order valence-corrected chi connectivity index (χ2v) is 5.85. The van der Waals surface area contributed by atoms with Crippen molar-refractivity contribution in [1.29, 1.82) is 0 Å². The van der Waals surface area contributed by atoms with Gasteiger partial charge in [0.1, 0.15) is 0 Å². The highest BCUT2D eigenvalue weighted by atomic mass is 35.5. The average Bonchev–Trinajstić information content (AvgIpc) is 2.81. The van der Waals surface area contributed by atoms with Gasteiger partial charge in [0.2, 0.25) is 0 Å². The van der Waals surface area contributed by atoms with E-state index in [-0.39, 0.29) is 0 Å². The van der Waals surface area contributed by atoms with Crippen molar-refractivity contribution in [1.82, 2.24) is 4.90 Å². The Balaban J connectivity index is 1.94. The maximum atomic E-state index is 6.31. The SMILES string of the molecule is CCN1CC2CC2(c2ccc(Cl)cc2Cl)C1. The van der Waals surface area contributed by atoms with E-state index in [1.54, 1.807) is 0 Å². The summed E-state index contributed by atoms with van der Waals surface area (Å²) in [7, 11) is 0. The fourth-order valence-corrected chi connectivity index (χ4v) is 3.73. The molecule has 2 atom stereocenters. The van der Waals surface area contributed by atoms with Gasteiger partial charge in [0.05, 0.1) is 0 Å².